The van der Waals surface area contributed by atoms with E-state index in [0.717, 1.165) is 25.7 Å². The predicted molar refractivity (Wildman–Crippen MR) is 194 cm³/mol. The number of thiol groups is 2. The second kappa shape index (κ2) is 21.7. The molecule has 0 aliphatic rings. The van der Waals surface area contributed by atoms with E-state index in [1.54, 1.807) is 11.5 Å². The number of ether oxygens (including phenoxy) is 1. The Kier molecular flexibility index (Phi) is 19.4. The number of nitrogens with zero attached hydrogens (tertiary/aromatic N) is 4. The number of fused-ring (bicyclic) bond motifs is 1. The van der Waals surface area contributed by atoms with Crippen molar-refractivity contribution >= 4 is 55.6 Å². The van der Waals surface area contributed by atoms with Gasteiger partial charge in [0.2, 0.25) is 0 Å². The van der Waals surface area contributed by atoms with Gasteiger partial charge in [0.05, 0.1) is 29.0 Å². The van der Waals surface area contributed by atoms with Crippen molar-refractivity contribution in [3.63, 3.8) is 0 Å². The van der Waals surface area contributed by atoms with E-state index >= 15 is 0 Å². The molecule has 0 amide bonds. The van der Waals surface area contributed by atoms with Crippen LogP contribution in [0, 0.1) is 5.92 Å². The zero-order chi connectivity index (χ0) is 34.0. The van der Waals surface area contributed by atoms with Crippen LogP contribution in [0.2, 0.25) is 0 Å². The molecule has 2 rings (SSSR count). The highest BCUT2D eigenvalue weighted by Gasteiger charge is 2.44. The van der Waals surface area contributed by atoms with Crippen LogP contribution in [0.15, 0.2) is 12.7 Å². The molecule has 10 nitrogen and oxygen atoms in total. The maximum atomic E-state index is 13.4. The Hall–Kier alpha value is -1.17. The lowest BCUT2D eigenvalue weighted by atomic mass is 9.92. The zero-order valence-corrected chi connectivity index (χ0v) is 31.0. The van der Waals surface area contributed by atoms with Crippen molar-refractivity contribution < 1.29 is 23.9 Å². The lowest BCUT2D eigenvalue weighted by Crippen LogP contribution is -2.38. The molecule has 0 unspecified atom stereocenters. The van der Waals surface area contributed by atoms with Crippen LogP contribution in [0.4, 0.5) is 5.82 Å². The number of hydrogen-bond acceptors (Lipinski definition) is 9. The molecule has 13 heteroatoms. The van der Waals surface area contributed by atoms with Gasteiger partial charge in [-0.05, 0) is 26.2 Å². The first-order valence-electron chi connectivity index (χ1n) is 17.5. The highest BCUT2D eigenvalue weighted by molar-refractivity contribution is 8.00. The molecule has 0 saturated heterocycles. The summed E-state index contributed by atoms with van der Waals surface area (Å²) in [4.78, 5) is 46.7. The maximum absolute atomic E-state index is 13.4. The first kappa shape index (κ1) is 41.0. The smallest absolute Gasteiger partial charge is 0.354 e. The summed E-state index contributed by atoms with van der Waals surface area (Å²) in [6.45, 7) is 6.13. The summed E-state index contributed by atoms with van der Waals surface area (Å²) in [7, 11) is -4.85. The topological polar surface area (TPSA) is 153 Å². The van der Waals surface area contributed by atoms with Crippen molar-refractivity contribution in [1.29, 1.82) is 0 Å². The first-order valence-corrected chi connectivity index (χ1v) is 20.1. The monoisotopic (exact) mass is 701 g/mol. The molecule has 0 saturated carbocycles. The molecule has 3 atom stereocenters. The van der Waals surface area contributed by atoms with E-state index in [9.17, 15) is 19.1 Å². The predicted octanol–water partition coefficient (Wildman–Crippen LogP) is 8.51. The number of imidazole rings is 1. The van der Waals surface area contributed by atoms with E-state index in [-0.39, 0.29) is 31.0 Å². The summed E-state index contributed by atoms with van der Waals surface area (Å²) in [5, 5.41) is 0. The van der Waals surface area contributed by atoms with Crippen LogP contribution >= 0.6 is 32.9 Å². The molecule has 2 heterocycles. The number of ketones is 1. The summed E-state index contributed by atoms with van der Waals surface area (Å²) in [5.41, 5.74) is 6.82. The molecule has 0 spiro atoms. The molecule has 0 bridgehead atoms. The lowest BCUT2D eigenvalue weighted by Gasteiger charge is -2.34. The molecule has 4 N–H and O–H groups in total. The molecule has 0 fully saturated rings. The molecule has 46 heavy (non-hydrogen) atoms. The van der Waals surface area contributed by atoms with Gasteiger partial charge in [0, 0.05) is 6.42 Å². The van der Waals surface area contributed by atoms with Crippen LogP contribution in [0.1, 0.15) is 143 Å². The summed E-state index contributed by atoms with van der Waals surface area (Å²) < 4.78 is 19.7. The average Bonchev–Trinajstić information content (AvgIpc) is 3.41. The van der Waals surface area contributed by atoms with Crippen molar-refractivity contribution in [3.05, 3.63) is 12.7 Å². The number of hydrogen-bond donors (Lipinski definition) is 5. The van der Waals surface area contributed by atoms with Crippen molar-refractivity contribution in [3.8, 4) is 0 Å². The highest BCUT2D eigenvalue weighted by atomic mass is 32.2. The first-order chi connectivity index (χ1) is 21.9. The third kappa shape index (κ3) is 15.4. The molecule has 2 aromatic rings. The fourth-order valence-corrected chi connectivity index (χ4v) is 7.78. The Bertz CT molecular complexity index is 1190. The number of nitrogens with two attached hydrogens (primary N) is 1. The van der Waals surface area contributed by atoms with Gasteiger partial charge < -0.3 is 24.8 Å². The molecule has 264 valence electrons. The van der Waals surface area contributed by atoms with Crippen molar-refractivity contribution in [2.24, 2.45) is 5.92 Å². The average molecular weight is 702 g/mol. The van der Waals surface area contributed by atoms with Gasteiger partial charge in [-0.3, -0.25) is 9.36 Å². The number of nitrogen functional groups attached to an aromatic ring is 1. The fourth-order valence-electron chi connectivity index (χ4n) is 5.97. The van der Waals surface area contributed by atoms with Crippen LogP contribution < -0.4 is 5.73 Å². The molecule has 0 aliphatic heterocycles. The largest absolute Gasteiger partial charge is 0.382 e. The van der Waals surface area contributed by atoms with Gasteiger partial charge >= 0.3 is 7.60 Å². The lowest BCUT2D eigenvalue weighted by molar-refractivity contribution is -0.128. The number of Topliss-reactive ketones (excluding diaryl/α,β-unsaturated/α-hetero) is 1. The standard InChI is InChI=1S/C33H60N5O5PS2/c1-4-6-8-9-10-11-12-13-14-15-16-17-18-19-21-33(45,46)22-27(28(39)20-7-5-2)32(44(40,41)42)43-26(3)23-38-25-37-29-30(34)35-24-36-31(29)38/h24-27,32,45-46H,4-23H2,1-3H3,(H2,34,35,36)(H2,40,41,42)/t26-,27-,32-/m1/s1. The van der Waals surface area contributed by atoms with Crippen molar-refractivity contribution in [1.82, 2.24) is 19.5 Å². The second-order valence-corrected chi connectivity index (χ2v) is 16.7. The summed E-state index contributed by atoms with van der Waals surface area (Å²) >= 11 is 9.59. The minimum atomic E-state index is -4.85. The summed E-state index contributed by atoms with van der Waals surface area (Å²) in [6, 6.07) is 0. The van der Waals surface area contributed by atoms with Crippen LogP contribution in [0.3, 0.4) is 0 Å². The molecular weight excluding hydrogens is 642 g/mol. The Morgan fingerprint density at radius 2 is 1.46 bits per heavy atom. The molecular formula is C33H60N5O5PS2. The number of carbonyl (C=O) groups excluding carboxylic acids is 1. The maximum Gasteiger partial charge on any atom is 0.354 e. The minimum absolute atomic E-state index is 0.0977. The van der Waals surface area contributed by atoms with E-state index in [1.165, 1.54) is 83.3 Å². The number of rotatable bonds is 27. The van der Waals surface area contributed by atoms with Gasteiger partial charge in [0.15, 0.2) is 17.3 Å². The fraction of sp³-hybridized carbons (Fsp3) is 0.818. The third-order valence-corrected chi connectivity index (χ3v) is 10.6. The zero-order valence-electron chi connectivity index (χ0n) is 28.4. The second-order valence-electron chi connectivity index (χ2n) is 13.0. The van der Waals surface area contributed by atoms with Gasteiger partial charge in [0.25, 0.3) is 0 Å². The Labute approximate surface area is 287 Å². The third-order valence-electron chi connectivity index (χ3n) is 8.60. The van der Waals surface area contributed by atoms with Crippen LogP contribution in [0.25, 0.3) is 11.2 Å². The van der Waals surface area contributed by atoms with E-state index in [1.807, 2.05) is 6.92 Å². The van der Waals surface area contributed by atoms with E-state index in [0.29, 0.717) is 24.0 Å². The Morgan fingerprint density at radius 3 is 2.00 bits per heavy atom. The van der Waals surface area contributed by atoms with Gasteiger partial charge in [0.1, 0.15) is 17.6 Å². The van der Waals surface area contributed by atoms with Gasteiger partial charge in [-0.1, -0.05) is 110 Å². The van der Waals surface area contributed by atoms with Crippen LogP contribution in [-0.2, 0) is 20.6 Å². The number of aromatic nitrogens is 4. The normalized spacial score (nSPS) is 14.5. The quantitative estimate of drug-likeness (QED) is 0.0267. The SMILES string of the molecule is CCCCCCCCCCCCCCCCC(S)(S)C[C@H](C(=O)CCCC)[C@H](O[C@H](C)Cn1cnc2c(N)ncnc21)P(=O)(O)O. The number of unbranched alkanes of at least 4 members (excludes halogenated alkanes) is 14. The van der Waals surface area contributed by atoms with Crippen molar-refractivity contribution in [2.45, 2.75) is 165 Å². The van der Waals surface area contributed by atoms with E-state index in [2.05, 4.69) is 21.9 Å². The number of carbonyl (C=O) groups is 1. The van der Waals surface area contributed by atoms with Gasteiger partial charge in [-0.2, -0.15) is 25.3 Å². The molecule has 0 aliphatic carbocycles. The molecule has 0 radical (unpaired) electrons. The molecule has 0 aromatic carbocycles. The van der Waals surface area contributed by atoms with E-state index in [4.69, 9.17) is 35.7 Å². The summed E-state index contributed by atoms with van der Waals surface area (Å²) in [6.07, 6.45) is 22.2. The van der Waals surface area contributed by atoms with Crippen LogP contribution in [-0.4, -0.2) is 51.1 Å². The van der Waals surface area contributed by atoms with Crippen LogP contribution in [0.5, 0.6) is 0 Å². The Balaban J connectivity index is 1.90. The van der Waals surface area contributed by atoms with E-state index < -0.39 is 29.5 Å². The highest BCUT2D eigenvalue weighted by Crippen LogP contribution is 2.50. The molecule has 2 aromatic heterocycles. The van der Waals surface area contributed by atoms with Gasteiger partial charge in [-0.15, -0.1) is 0 Å². The minimum Gasteiger partial charge on any atom is -0.382 e. The van der Waals surface area contributed by atoms with Crippen molar-refractivity contribution in [2.75, 3.05) is 5.73 Å². The Morgan fingerprint density at radius 1 is 0.913 bits per heavy atom. The number of anilines is 1. The summed E-state index contributed by atoms with van der Waals surface area (Å²) in [5.74, 6) is -2.65. The van der Waals surface area contributed by atoms with Gasteiger partial charge in [-0.25, -0.2) is 15.0 Å².